The number of aliphatic hydroxyl groups is 6. The predicted octanol–water partition coefficient (Wildman–Crippen LogP) is -12.9. The number of nitrogens with two attached hydrogens (primary N) is 8. The summed E-state index contributed by atoms with van der Waals surface area (Å²) in [5.74, 6) is -2.19. The lowest BCUT2D eigenvalue weighted by Gasteiger charge is -2.44. The van der Waals surface area contributed by atoms with E-state index >= 15 is 0 Å². The molecular weight excluding hydrogens is 1260 g/mol. The molecule has 0 aromatic rings. The maximum Gasteiger partial charge on any atom is 0.404 e. The van der Waals surface area contributed by atoms with E-state index in [0.29, 0.717) is 71.1 Å². The molecule has 6 rings (SSSR count). The van der Waals surface area contributed by atoms with Crippen LogP contribution >= 0.6 is 0 Å². The molecule has 43 heteroatoms. The van der Waals surface area contributed by atoms with Crippen LogP contribution in [0.4, 0.5) is 9.59 Å². The number of piperidine rings is 2. The summed E-state index contributed by atoms with van der Waals surface area (Å²) in [5.41, 5.74) is 45.3. The molecule has 93 heavy (non-hydrogen) atoms. The summed E-state index contributed by atoms with van der Waals surface area (Å²) in [5, 5.41) is 89.6. The van der Waals surface area contributed by atoms with Crippen molar-refractivity contribution in [2.45, 2.75) is 199 Å². The Morgan fingerprint density at radius 2 is 0.892 bits per heavy atom. The van der Waals surface area contributed by atoms with Crippen molar-refractivity contribution in [1.29, 1.82) is 0 Å². The number of primary amides is 2. The maximum absolute atomic E-state index is 13.1. The van der Waals surface area contributed by atoms with Gasteiger partial charge < -0.3 is 149 Å². The number of amides is 8. The van der Waals surface area contributed by atoms with Crippen LogP contribution in [0.3, 0.4) is 0 Å². The van der Waals surface area contributed by atoms with Crippen molar-refractivity contribution < 1.29 is 105 Å². The summed E-state index contributed by atoms with van der Waals surface area (Å²) in [6, 6.07) is -7.51. The minimum absolute atomic E-state index is 0.0174. The molecular formula is C50H94N20O22S. The molecule has 4 fully saturated rings. The second-order valence-corrected chi connectivity index (χ2v) is 23.7. The number of carbonyl (C=O) groups is 8. The fraction of sp³-hybridized carbons (Fsp3) is 0.800. The van der Waals surface area contributed by atoms with E-state index in [1.807, 2.05) is 0 Å². The fourth-order valence-electron chi connectivity index (χ4n) is 10.6. The zero-order valence-electron chi connectivity index (χ0n) is 50.9. The number of aliphatic hydroxyl groups excluding tert-OH is 6. The molecule has 532 valence electrons. The first-order valence-electron chi connectivity index (χ1n) is 30.0. The van der Waals surface area contributed by atoms with Gasteiger partial charge in [-0.3, -0.25) is 37.9 Å². The molecule has 0 aromatic heterocycles. The largest absolute Gasteiger partial charge is 0.441 e. The van der Waals surface area contributed by atoms with Crippen LogP contribution in [-0.4, -0.2) is 282 Å². The van der Waals surface area contributed by atoms with Gasteiger partial charge in [-0.25, -0.2) is 19.6 Å². The van der Waals surface area contributed by atoms with Crippen LogP contribution in [-0.2, 0) is 58.1 Å². The zero-order chi connectivity index (χ0) is 69.3. The van der Waals surface area contributed by atoms with Crippen LogP contribution in [0.5, 0.6) is 0 Å². The standard InChI is InChI=1S/C31H58N12O10.C19H34N8O8.H2O4S/c32-7-1-4-15(33)10-20(46)37-8-2-5-16(34)11-21(47)38-9-3-6-17(35)12-22(48)40-25-26(49)27(53-30(36)51)19(14-44)52-29(25)43-31-41-23-18(45)13-39-28(50)24(23)42-31;20-3-1-2-7(21)4-10(30)24-13-14(31)15(35-18(22)33)9(6-28)34-17(13)27-19-25-11-8(29)5-23-16(32)12(11)26-19;1-5(2,3)4/h15-19,23-27,29,44-45,49H,1-14,32-35H2,(H2,36,51)(H,37,46)(H,38,47)(H,39,50)(H,40,48)(H2,41,42,43);7-9,11-15,17,28-29,31H,1-6,20-21H2,(H2,22,33)(H,23,32)(H,24,30)(H2,25,26,27);(H2,1,2,3,4)/t15-,16-,17-,18+,19+,23+,24-,25+,26-,27-,29+;7-,8+,9+,11+,12-,13+,14-,15-,17+;/m00./s1. The lowest BCUT2D eigenvalue weighted by atomic mass is 9.95. The molecule has 42 nitrogen and oxygen atoms in total. The average molecular weight is 1360 g/mol. The summed E-state index contributed by atoms with van der Waals surface area (Å²) in [6.07, 6.45) is -10.6. The third kappa shape index (κ3) is 26.5. The smallest absolute Gasteiger partial charge is 0.404 e. The van der Waals surface area contributed by atoms with E-state index in [2.05, 4.69) is 63.2 Å². The normalized spacial score (nSPS) is 29.9. The second kappa shape index (κ2) is 38.5. The fourth-order valence-corrected chi connectivity index (χ4v) is 10.6. The minimum atomic E-state index is -4.67. The summed E-state index contributed by atoms with van der Waals surface area (Å²) >= 11 is 0. The van der Waals surface area contributed by atoms with Crippen LogP contribution in [0.1, 0.15) is 77.0 Å². The van der Waals surface area contributed by atoms with Gasteiger partial charge in [0.25, 0.3) is 0 Å². The van der Waals surface area contributed by atoms with Gasteiger partial charge in [0, 0.05) is 76.0 Å². The van der Waals surface area contributed by atoms with Gasteiger partial charge >= 0.3 is 22.6 Å². The predicted molar refractivity (Wildman–Crippen MR) is 322 cm³/mol. The maximum atomic E-state index is 13.1. The molecule has 6 aliphatic rings. The number of fused-ring (bicyclic) bond motifs is 2. The van der Waals surface area contributed by atoms with Gasteiger partial charge in [-0.2, -0.15) is 8.42 Å². The number of hydrogen-bond acceptors (Lipinski definition) is 32. The quantitative estimate of drug-likeness (QED) is 0.0235. The summed E-state index contributed by atoms with van der Waals surface area (Å²) in [6.45, 7) is 0.399. The summed E-state index contributed by atoms with van der Waals surface area (Å²) in [4.78, 5) is 106. The molecule has 0 aliphatic carbocycles. The van der Waals surface area contributed by atoms with Gasteiger partial charge in [0.1, 0.15) is 36.5 Å². The van der Waals surface area contributed by atoms with E-state index < -0.39 is 169 Å². The van der Waals surface area contributed by atoms with Gasteiger partial charge in [-0.05, 0) is 64.5 Å². The molecule has 0 unspecified atom stereocenters. The van der Waals surface area contributed by atoms with Crippen molar-refractivity contribution in [2.24, 2.45) is 55.9 Å². The molecule has 0 bridgehead atoms. The molecule has 0 radical (unpaired) electrons. The average Bonchev–Trinajstić information content (AvgIpc) is 1.79. The van der Waals surface area contributed by atoms with E-state index in [-0.39, 0.29) is 74.5 Å². The van der Waals surface area contributed by atoms with Crippen LogP contribution in [0.25, 0.3) is 0 Å². The van der Waals surface area contributed by atoms with Crippen LogP contribution in [0.15, 0.2) is 9.98 Å². The van der Waals surface area contributed by atoms with E-state index in [4.69, 9.17) is 82.3 Å². The number of nitrogens with zero attached hydrogens (tertiary/aromatic N) is 2. The molecule has 6 heterocycles. The Labute approximate surface area is 534 Å². The van der Waals surface area contributed by atoms with Gasteiger partial charge in [-0.1, -0.05) is 0 Å². The van der Waals surface area contributed by atoms with Gasteiger partial charge in [0.15, 0.2) is 48.7 Å². The lowest BCUT2D eigenvalue weighted by molar-refractivity contribution is -0.198. The molecule has 8 amide bonds. The third-order valence-electron chi connectivity index (χ3n) is 15.2. The molecule has 34 N–H and O–H groups in total. The number of aliphatic imine (C=N–C) groups is 2. The zero-order valence-corrected chi connectivity index (χ0v) is 51.7. The van der Waals surface area contributed by atoms with Crippen molar-refractivity contribution in [3.05, 3.63) is 0 Å². The van der Waals surface area contributed by atoms with Crippen LogP contribution in [0.2, 0.25) is 0 Å². The van der Waals surface area contributed by atoms with Crippen LogP contribution in [0, 0.1) is 0 Å². The van der Waals surface area contributed by atoms with Gasteiger partial charge in [-0.15, -0.1) is 0 Å². The number of carbonyl (C=O) groups excluding carboxylic acids is 8. The van der Waals surface area contributed by atoms with E-state index in [9.17, 15) is 69.0 Å². The Morgan fingerprint density at radius 3 is 1.19 bits per heavy atom. The highest BCUT2D eigenvalue weighted by atomic mass is 32.3. The molecule has 4 saturated heterocycles. The molecule has 6 aliphatic heterocycles. The number of hydrogen-bond donors (Lipinski definition) is 26. The summed E-state index contributed by atoms with van der Waals surface area (Å²) in [7, 11) is -4.67. The Balaban J connectivity index is 0.000000395. The van der Waals surface area contributed by atoms with Crippen molar-refractivity contribution in [3.63, 3.8) is 0 Å². The number of rotatable bonds is 30. The van der Waals surface area contributed by atoms with E-state index in [1.165, 1.54) is 0 Å². The van der Waals surface area contributed by atoms with Crippen molar-refractivity contribution in [2.75, 3.05) is 52.5 Å². The molecule has 0 saturated carbocycles. The lowest BCUT2D eigenvalue weighted by Crippen LogP contribution is -2.70. The molecule has 0 spiro atoms. The third-order valence-corrected chi connectivity index (χ3v) is 15.2. The Kier molecular flexibility index (Phi) is 32.6. The van der Waals surface area contributed by atoms with Crippen molar-refractivity contribution in [1.82, 2.24) is 53.2 Å². The SMILES string of the molecule is NCCC[C@H](N)CC(=O)NCCC[C@H](N)CC(=O)NCCC[C@H](N)CC(=O)N[C@@H]1[C@H](O)[C@@H](OC(N)=O)[C@@H](CO)O[C@H]1NC1=N[C@@H]2C(=O)NC[C@@H](O)[C@H]2N1.NCCC[C@H](N)CC(=O)N[C@@H]1[C@H](O)[C@@H](OC(N)=O)[C@@H](CO)O[C@H]1NC1=N[C@@H]2C(=O)NC[C@@H](O)[C@H]2N1.O=S(=O)(O)O. The highest BCUT2D eigenvalue weighted by molar-refractivity contribution is 7.79. The van der Waals surface area contributed by atoms with Crippen molar-refractivity contribution >= 4 is 69.9 Å². The minimum Gasteiger partial charge on any atom is -0.441 e. The Morgan fingerprint density at radius 1 is 0.570 bits per heavy atom. The van der Waals surface area contributed by atoms with Gasteiger partial charge in [0.2, 0.25) is 35.4 Å². The highest BCUT2D eigenvalue weighted by Gasteiger charge is 2.52. The highest BCUT2D eigenvalue weighted by Crippen LogP contribution is 2.26. The molecule has 0 aromatic carbocycles. The summed E-state index contributed by atoms with van der Waals surface area (Å²) < 4.78 is 53.1. The van der Waals surface area contributed by atoms with E-state index in [0.717, 1.165) is 6.42 Å². The number of ether oxygens (including phenoxy) is 4. The number of guanidine groups is 2. The Bertz CT molecular complexity index is 2640. The number of nitrogens with one attached hydrogen (secondary N) is 10. The first-order chi connectivity index (χ1) is 43.9. The second-order valence-electron chi connectivity index (χ2n) is 22.8. The number of β-amino-alcohol motifs (C(OH)–C–C–N with tert-alkyl or cyclic N) is 2. The first-order valence-corrected chi connectivity index (χ1v) is 31.4. The topological polar surface area (TPSA) is 723 Å². The Hall–Kier alpha value is -6.79. The first kappa shape index (κ1) is 78.7. The monoisotopic (exact) mass is 1360 g/mol. The van der Waals surface area contributed by atoms with Crippen molar-refractivity contribution in [3.8, 4) is 0 Å². The van der Waals surface area contributed by atoms with E-state index in [1.54, 1.807) is 0 Å². The molecule has 20 atom stereocenters. The van der Waals surface area contributed by atoms with Gasteiger partial charge in [0.05, 0.1) is 37.5 Å². The van der Waals surface area contributed by atoms with Crippen LogP contribution < -0.4 is 99.0 Å².